The summed E-state index contributed by atoms with van der Waals surface area (Å²) in [6.07, 6.45) is 8.43. The molecule has 0 saturated heterocycles. The van der Waals surface area contributed by atoms with Gasteiger partial charge in [-0.15, -0.1) is 0 Å². The molecule has 0 heterocycles. The van der Waals surface area contributed by atoms with E-state index in [0.717, 1.165) is 29.9 Å². The maximum absolute atomic E-state index is 12.6. The summed E-state index contributed by atoms with van der Waals surface area (Å²) < 4.78 is 0. The fraction of sp³-hybridized carbons (Fsp3) is 0.682. The fourth-order valence-electron chi connectivity index (χ4n) is 6.00. The molecule has 5 rings (SSSR count). The van der Waals surface area contributed by atoms with Crippen molar-refractivity contribution in [3.8, 4) is 0 Å². The summed E-state index contributed by atoms with van der Waals surface area (Å²) in [5.41, 5.74) is 2.62. The van der Waals surface area contributed by atoms with Gasteiger partial charge < -0.3 is 5.32 Å². The van der Waals surface area contributed by atoms with Gasteiger partial charge in [-0.3, -0.25) is 4.79 Å². The number of hydrogen-bond donors (Lipinski definition) is 1. The van der Waals surface area contributed by atoms with E-state index in [0.29, 0.717) is 5.41 Å². The number of carbonyl (C=O) groups excluding carboxylic acids is 1. The van der Waals surface area contributed by atoms with Crippen molar-refractivity contribution < 1.29 is 4.79 Å². The lowest BCUT2D eigenvalue weighted by Crippen LogP contribution is -2.51. The van der Waals surface area contributed by atoms with Crippen molar-refractivity contribution in [2.24, 2.45) is 23.2 Å². The second-order valence-electron chi connectivity index (χ2n) is 9.93. The van der Waals surface area contributed by atoms with E-state index in [4.69, 9.17) is 0 Å². The van der Waals surface area contributed by atoms with Gasteiger partial charge in [0.15, 0.2) is 0 Å². The molecule has 4 bridgehead atoms. The Bertz CT molecular complexity index is 587. The lowest BCUT2D eigenvalue weighted by atomic mass is 9.49. The molecule has 1 aromatic carbocycles. The molecule has 0 aromatic heterocycles. The molecule has 0 aliphatic heterocycles. The first kappa shape index (κ1) is 16.2. The summed E-state index contributed by atoms with van der Waals surface area (Å²) >= 11 is 0. The van der Waals surface area contributed by atoms with Crippen molar-refractivity contribution in [1.82, 2.24) is 5.32 Å². The molecule has 1 amide bonds. The molecular formula is C22H31NO. The molecule has 130 valence electrons. The van der Waals surface area contributed by atoms with Crippen LogP contribution in [0.4, 0.5) is 0 Å². The molecule has 4 saturated carbocycles. The lowest BCUT2D eigenvalue weighted by molar-refractivity contribution is -0.0503. The van der Waals surface area contributed by atoms with Gasteiger partial charge in [-0.25, -0.2) is 0 Å². The Hall–Kier alpha value is -1.31. The first-order valence-corrected chi connectivity index (χ1v) is 9.72. The summed E-state index contributed by atoms with van der Waals surface area (Å²) in [4.78, 5) is 12.6. The standard InChI is InChI=1S/C22H31NO/c1-21(2,3)19-6-4-18(5-7-19)20(24)23-14-22-11-15-8-16(12-22)10-17(9-15)13-22/h4-7,15-17H,8-14H2,1-3H3,(H,23,24). The quantitative estimate of drug-likeness (QED) is 0.839. The molecule has 2 heteroatoms. The molecule has 0 unspecified atom stereocenters. The second-order valence-corrected chi connectivity index (χ2v) is 9.93. The summed E-state index contributed by atoms with van der Waals surface area (Å²) in [7, 11) is 0. The van der Waals surface area contributed by atoms with Gasteiger partial charge in [-0.1, -0.05) is 32.9 Å². The third kappa shape index (κ3) is 3.00. The van der Waals surface area contributed by atoms with Gasteiger partial charge >= 0.3 is 0 Å². The topological polar surface area (TPSA) is 29.1 Å². The Morgan fingerprint density at radius 2 is 1.50 bits per heavy atom. The Morgan fingerprint density at radius 3 is 1.96 bits per heavy atom. The highest BCUT2D eigenvalue weighted by molar-refractivity contribution is 5.94. The van der Waals surface area contributed by atoms with Crippen LogP contribution in [0.25, 0.3) is 0 Å². The van der Waals surface area contributed by atoms with Crippen LogP contribution in [0.2, 0.25) is 0 Å². The van der Waals surface area contributed by atoms with E-state index < -0.39 is 0 Å². The molecule has 1 N–H and O–H groups in total. The highest BCUT2D eigenvalue weighted by Gasteiger charge is 2.50. The first-order chi connectivity index (χ1) is 11.3. The lowest BCUT2D eigenvalue weighted by Gasteiger charge is -2.56. The molecule has 4 fully saturated rings. The summed E-state index contributed by atoms with van der Waals surface area (Å²) in [6.45, 7) is 7.50. The number of benzene rings is 1. The van der Waals surface area contributed by atoms with Crippen LogP contribution in [0.3, 0.4) is 0 Å². The SMILES string of the molecule is CC(C)(C)c1ccc(C(=O)NCC23CC4CC(CC(C4)C2)C3)cc1. The minimum Gasteiger partial charge on any atom is -0.351 e. The molecule has 1 aromatic rings. The molecule has 4 aliphatic carbocycles. The molecule has 0 radical (unpaired) electrons. The predicted molar refractivity (Wildman–Crippen MR) is 98.1 cm³/mol. The zero-order chi connectivity index (χ0) is 16.9. The highest BCUT2D eigenvalue weighted by Crippen LogP contribution is 2.59. The number of hydrogen-bond acceptors (Lipinski definition) is 1. The average molecular weight is 325 g/mol. The Balaban J connectivity index is 1.40. The maximum atomic E-state index is 12.6. The smallest absolute Gasteiger partial charge is 0.251 e. The Labute approximate surface area is 146 Å². The van der Waals surface area contributed by atoms with Crippen LogP contribution in [0.15, 0.2) is 24.3 Å². The van der Waals surface area contributed by atoms with Crippen LogP contribution in [0.5, 0.6) is 0 Å². The van der Waals surface area contributed by atoms with Crippen LogP contribution < -0.4 is 5.32 Å². The average Bonchev–Trinajstić information content (AvgIpc) is 2.51. The monoisotopic (exact) mass is 325 g/mol. The van der Waals surface area contributed by atoms with E-state index in [1.165, 1.54) is 44.1 Å². The maximum Gasteiger partial charge on any atom is 0.251 e. The Morgan fingerprint density at radius 1 is 1.00 bits per heavy atom. The largest absolute Gasteiger partial charge is 0.351 e. The third-order valence-corrected chi connectivity index (χ3v) is 6.80. The van der Waals surface area contributed by atoms with Crippen LogP contribution in [-0.2, 0) is 5.41 Å². The number of rotatable bonds is 3. The van der Waals surface area contributed by atoms with Gasteiger partial charge in [-0.2, -0.15) is 0 Å². The van der Waals surface area contributed by atoms with E-state index in [1.54, 1.807) is 0 Å². The molecule has 24 heavy (non-hydrogen) atoms. The second kappa shape index (κ2) is 5.61. The van der Waals surface area contributed by atoms with Crippen molar-refractivity contribution in [3.63, 3.8) is 0 Å². The van der Waals surface area contributed by atoms with E-state index in [-0.39, 0.29) is 11.3 Å². The molecule has 2 nitrogen and oxygen atoms in total. The predicted octanol–water partition coefficient (Wildman–Crippen LogP) is 4.93. The van der Waals surface area contributed by atoms with Crippen LogP contribution in [-0.4, -0.2) is 12.5 Å². The molecule has 0 spiro atoms. The van der Waals surface area contributed by atoms with E-state index in [1.807, 2.05) is 12.1 Å². The minimum absolute atomic E-state index is 0.103. The van der Waals surface area contributed by atoms with E-state index in [9.17, 15) is 4.79 Å². The zero-order valence-electron chi connectivity index (χ0n) is 15.4. The van der Waals surface area contributed by atoms with Gasteiger partial charge in [0.2, 0.25) is 0 Å². The zero-order valence-corrected chi connectivity index (χ0v) is 15.4. The van der Waals surface area contributed by atoms with Gasteiger partial charge in [0, 0.05) is 12.1 Å². The third-order valence-electron chi connectivity index (χ3n) is 6.80. The van der Waals surface area contributed by atoms with Crippen molar-refractivity contribution in [2.75, 3.05) is 6.54 Å². The normalized spacial score (nSPS) is 34.4. The van der Waals surface area contributed by atoms with Crippen molar-refractivity contribution >= 4 is 5.91 Å². The fourth-order valence-corrected chi connectivity index (χ4v) is 6.00. The summed E-state index contributed by atoms with van der Waals surface area (Å²) in [6, 6.07) is 8.16. The van der Waals surface area contributed by atoms with Gasteiger partial charge in [0.1, 0.15) is 0 Å². The number of nitrogens with one attached hydrogen (secondary N) is 1. The van der Waals surface area contributed by atoms with Crippen molar-refractivity contribution in [3.05, 3.63) is 35.4 Å². The Kier molecular flexibility index (Phi) is 3.78. The molecular weight excluding hydrogens is 294 g/mol. The van der Waals surface area contributed by atoms with Gasteiger partial charge in [-0.05, 0) is 84.8 Å². The molecule has 0 atom stereocenters. The van der Waals surface area contributed by atoms with E-state index in [2.05, 4.69) is 38.2 Å². The number of carbonyl (C=O) groups is 1. The van der Waals surface area contributed by atoms with E-state index >= 15 is 0 Å². The van der Waals surface area contributed by atoms with Crippen LogP contribution in [0, 0.1) is 23.2 Å². The minimum atomic E-state index is 0.103. The first-order valence-electron chi connectivity index (χ1n) is 9.72. The van der Waals surface area contributed by atoms with Gasteiger partial charge in [0.25, 0.3) is 5.91 Å². The van der Waals surface area contributed by atoms with Crippen molar-refractivity contribution in [1.29, 1.82) is 0 Å². The van der Waals surface area contributed by atoms with Crippen LogP contribution >= 0.6 is 0 Å². The molecule has 4 aliphatic rings. The van der Waals surface area contributed by atoms with Crippen molar-refractivity contribution in [2.45, 2.75) is 64.7 Å². The summed E-state index contributed by atoms with van der Waals surface area (Å²) in [5, 5.41) is 3.28. The number of amides is 1. The summed E-state index contributed by atoms with van der Waals surface area (Å²) in [5.74, 6) is 2.93. The van der Waals surface area contributed by atoms with Crippen LogP contribution in [0.1, 0.15) is 75.2 Å². The highest BCUT2D eigenvalue weighted by atomic mass is 16.1. The van der Waals surface area contributed by atoms with Gasteiger partial charge in [0.05, 0.1) is 0 Å².